The van der Waals surface area contributed by atoms with Crippen LogP contribution >= 0.6 is 0 Å². The molecular formula is C13H29N3O. The molecule has 1 unspecified atom stereocenters. The Labute approximate surface area is 106 Å². The lowest BCUT2D eigenvalue weighted by Gasteiger charge is -2.17. The summed E-state index contributed by atoms with van der Waals surface area (Å²) in [6.45, 7) is 8.72. The van der Waals surface area contributed by atoms with Gasteiger partial charge in [0.15, 0.2) is 5.96 Å². The molecule has 0 heterocycles. The van der Waals surface area contributed by atoms with Crippen LogP contribution in [-0.4, -0.2) is 38.8 Å². The summed E-state index contributed by atoms with van der Waals surface area (Å²) in [4.78, 5) is 4.19. The molecule has 0 aliphatic rings. The largest absolute Gasteiger partial charge is 0.380 e. The predicted molar refractivity (Wildman–Crippen MR) is 74.6 cm³/mol. The van der Waals surface area contributed by atoms with E-state index in [0.29, 0.717) is 6.04 Å². The van der Waals surface area contributed by atoms with Gasteiger partial charge in [-0.2, -0.15) is 0 Å². The minimum Gasteiger partial charge on any atom is -0.380 e. The molecule has 0 aliphatic heterocycles. The van der Waals surface area contributed by atoms with E-state index in [-0.39, 0.29) is 0 Å². The van der Waals surface area contributed by atoms with Gasteiger partial charge in [-0.25, -0.2) is 0 Å². The van der Waals surface area contributed by atoms with Gasteiger partial charge in [0, 0.05) is 26.2 Å². The summed E-state index contributed by atoms with van der Waals surface area (Å²) in [6, 6.07) is 0.472. The highest BCUT2D eigenvalue weighted by Crippen LogP contribution is 2.02. The average molecular weight is 243 g/mol. The molecule has 0 aliphatic carbocycles. The van der Waals surface area contributed by atoms with E-state index in [0.717, 1.165) is 25.7 Å². The van der Waals surface area contributed by atoms with Gasteiger partial charge < -0.3 is 15.4 Å². The minimum atomic E-state index is 0.472. The van der Waals surface area contributed by atoms with E-state index in [4.69, 9.17) is 4.74 Å². The van der Waals surface area contributed by atoms with Crippen molar-refractivity contribution >= 4 is 5.96 Å². The highest BCUT2D eigenvalue weighted by molar-refractivity contribution is 5.79. The highest BCUT2D eigenvalue weighted by Gasteiger charge is 2.03. The molecule has 4 heteroatoms. The van der Waals surface area contributed by atoms with Gasteiger partial charge >= 0.3 is 0 Å². The summed E-state index contributed by atoms with van der Waals surface area (Å²) in [6.07, 6.45) is 5.05. The second-order valence-corrected chi connectivity index (χ2v) is 4.24. The maximum atomic E-state index is 5.27. The zero-order valence-electron chi connectivity index (χ0n) is 11.9. The molecule has 17 heavy (non-hydrogen) atoms. The first-order valence-corrected chi connectivity index (χ1v) is 6.79. The molecule has 0 bridgehead atoms. The number of nitrogens with zero attached hydrogens (tertiary/aromatic N) is 1. The number of ether oxygens (including phenoxy) is 1. The van der Waals surface area contributed by atoms with Crippen LogP contribution in [0.25, 0.3) is 0 Å². The van der Waals surface area contributed by atoms with E-state index in [9.17, 15) is 0 Å². The summed E-state index contributed by atoms with van der Waals surface area (Å²) < 4.78 is 5.27. The molecular weight excluding hydrogens is 214 g/mol. The first-order chi connectivity index (χ1) is 8.24. The van der Waals surface area contributed by atoms with Crippen LogP contribution in [0.5, 0.6) is 0 Å². The SMILES string of the molecule is CCCCCC(C)NC(=NC)NCCOCC. The molecule has 0 saturated heterocycles. The van der Waals surface area contributed by atoms with E-state index in [1.165, 1.54) is 25.7 Å². The molecule has 0 amide bonds. The summed E-state index contributed by atoms with van der Waals surface area (Å²) in [5.74, 6) is 0.869. The topological polar surface area (TPSA) is 45.7 Å². The third kappa shape index (κ3) is 10.1. The van der Waals surface area contributed by atoms with Crippen molar-refractivity contribution in [2.24, 2.45) is 4.99 Å². The summed E-state index contributed by atoms with van der Waals surface area (Å²) >= 11 is 0. The van der Waals surface area contributed by atoms with Crippen LogP contribution in [0.2, 0.25) is 0 Å². The van der Waals surface area contributed by atoms with E-state index in [1.54, 1.807) is 7.05 Å². The number of aliphatic imine (C=N–C) groups is 1. The standard InChI is InChI=1S/C13H29N3O/c1-5-7-8-9-12(3)16-13(14-4)15-10-11-17-6-2/h12H,5-11H2,1-4H3,(H2,14,15,16). The molecule has 1 atom stereocenters. The lowest BCUT2D eigenvalue weighted by atomic mass is 10.1. The molecule has 0 saturated carbocycles. The molecule has 0 aromatic heterocycles. The van der Waals surface area contributed by atoms with Crippen molar-refractivity contribution in [3.8, 4) is 0 Å². The summed E-state index contributed by atoms with van der Waals surface area (Å²) in [5, 5.41) is 6.63. The maximum Gasteiger partial charge on any atom is 0.191 e. The van der Waals surface area contributed by atoms with Gasteiger partial charge in [-0.05, 0) is 20.3 Å². The number of nitrogens with one attached hydrogen (secondary N) is 2. The Hall–Kier alpha value is -0.770. The molecule has 4 nitrogen and oxygen atoms in total. The third-order valence-electron chi connectivity index (χ3n) is 2.59. The number of unbranched alkanes of at least 4 members (excludes halogenated alkanes) is 2. The van der Waals surface area contributed by atoms with E-state index in [2.05, 4.69) is 29.5 Å². The Kier molecular flexibility index (Phi) is 11.2. The van der Waals surface area contributed by atoms with Gasteiger partial charge in [0.25, 0.3) is 0 Å². The van der Waals surface area contributed by atoms with Crippen molar-refractivity contribution in [2.75, 3.05) is 26.8 Å². The van der Waals surface area contributed by atoms with Crippen LogP contribution in [0.4, 0.5) is 0 Å². The second kappa shape index (κ2) is 11.7. The minimum absolute atomic E-state index is 0.472. The first kappa shape index (κ1) is 16.2. The normalized spacial score (nSPS) is 13.5. The van der Waals surface area contributed by atoms with Gasteiger partial charge in [0.1, 0.15) is 0 Å². The number of guanidine groups is 1. The predicted octanol–water partition coefficient (Wildman–Crippen LogP) is 2.16. The monoisotopic (exact) mass is 243 g/mol. The molecule has 0 rings (SSSR count). The molecule has 102 valence electrons. The second-order valence-electron chi connectivity index (χ2n) is 4.24. The van der Waals surface area contributed by atoms with Crippen molar-refractivity contribution in [3.63, 3.8) is 0 Å². The molecule has 0 spiro atoms. The maximum absolute atomic E-state index is 5.27. The van der Waals surface area contributed by atoms with Crippen LogP contribution in [0, 0.1) is 0 Å². The Morgan fingerprint density at radius 1 is 1.29 bits per heavy atom. The lowest BCUT2D eigenvalue weighted by Crippen LogP contribution is -2.43. The zero-order valence-corrected chi connectivity index (χ0v) is 11.9. The first-order valence-electron chi connectivity index (χ1n) is 6.79. The van der Waals surface area contributed by atoms with E-state index >= 15 is 0 Å². The van der Waals surface area contributed by atoms with Crippen molar-refractivity contribution in [3.05, 3.63) is 0 Å². The Morgan fingerprint density at radius 2 is 2.06 bits per heavy atom. The van der Waals surface area contributed by atoms with Crippen LogP contribution in [0.15, 0.2) is 4.99 Å². The Bertz CT molecular complexity index is 195. The summed E-state index contributed by atoms with van der Waals surface area (Å²) in [5.41, 5.74) is 0. The van der Waals surface area contributed by atoms with Gasteiger partial charge in [-0.15, -0.1) is 0 Å². The van der Waals surface area contributed by atoms with Crippen molar-refractivity contribution in [2.45, 2.75) is 52.5 Å². The van der Waals surface area contributed by atoms with Crippen LogP contribution < -0.4 is 10.6 Å². The lowest BCUT2D eigenvalue weighted by molar-refractivity contribution is 0.152. The molecule has 0 aromatic rings. The molecule has 0 fully saturated rings. The van der Waals surface area contributed by atoms with Gasteiger partial charge in [0.2, 0.25) is 0 Å². The Balaban J connectivity index is 3.65. The quantitative estimate of drug-likeness (QED) is 0.370. The molecule has 0 aromatic carbocycles. The van der Waals surface area contributed by atoms with Crippen molar-refractivity contribution in [1.82, 2.24) is 10.6 Å². The van der Waals surface area contributed by atoms with Gasteiger partial charge in [-0.1, -0.05) is 26.2 Å². The fourth-order valence-corrected chi connectivity index (χ4v) is 1.59. The van der Waals surface area contributed by atoms with Crippen LogP contribution in [0.3, 0.4) is 0 Å². The fraction of sp³-hybridized carbons (Fsp3) is 0.923. The van der Waals surface area contributed by atoms with Crippen molar-refractivity contribution in [1.29, 1.82) is 0 Å². The molecule has 0 radical (unpaired) electrons. The van der Waals surface area contributed by atoms with Crippen LogP contribution in [-0.2, 0) is 4.74 Å². The van der Waals surface area contributed by atoms with E-state index < -0.39 is 0 Å². The zero-order chi connectivity index (χ0) is 12.9. The van der Waals surface area contributed by atoms with E-state index in [1.807, 2.05) is 6.92 Å². The van der Waals surface area contributed by atoms with Crippen LogP contribution in [0.1, 0.15) is 46.5 Å². The number of rotatable bonds is 9. The van der Waals surface area contributed by atoms with Crippen molar-refractivity contribution < 1.29 is 4.74 Å². The highest BCUT2D eigenvalue weighted by atomic mass is 16.5. The fourth-order valence-electron chi connectivity index (χ4n) is 1.59. The van der Waals surface area contributed by atoms with Gasteiger partial charge in [0.05, 0.1) is 6.61 Å². The third-order valence-corrected chi connectivity index (χ3v) is 2.59. The number of hydrogen-bond acceptors (Lipinski definition) is 2. The smallest absolute Gasteiger partial charge is 0.191 e. The molecule has 2 N–H and O–H groups in total. The van der Waals surface area contributed by atoms with Gasteiger partial charge in [-0.3, -0.25) is 4.99 Å². The summed E-state index contributed by atoms with van der Waals surface area (Å²) in [7, 11) is 1.80. The number of hydrogen-bond donors (Lipinski definition) is 2. The average Bonchev–Trinajstić information content (AvgIpc) is 2.33. The Morgan fingerprint density at radius 3 is 2.65 bits per heavy atom.